The SMILES string of the molecule is O=Cc1cccnc1C(O)C(O)CO. The first-order valence-electron chi connectivity index (χ1n) is 4.07. The second-order valence-electron chi connectivity index (χ2n) is 2.79. The average molecular weight is 197 g/mol. The molecule has 2 atom stereocenters. The minimum absolute atomic E-state index is 0.0732. The summed E-state index contributed by atoms with van der Waals surface area (Å²) in [4.78, 5) is 14.3. The maximum absolute atomic E-state index is 10.5. The molecule has 1 aromatic rings. The summed E-state index contributed by atoms with van der Waals surface area (Å²) in [5, 5.41) is 27.2. The van der Waals surface area contributed by atoms with E-state index in [1.54, 1.807) is 6.07 Å². The van der Waals surface area contributed by atoms with Crippen LogP contribution in [-0.4, -0.2) is 39.3 Å². The van der Waals surface area contributed by atoms with Crippen molar-refractivity contribution in [2.24, 2.45) is 0 Å². The second kappa shape index (κ2) is 4.80. The number of aromatic nitrogens is 1. The van der Waals surface area contributed by atoms with Gasteiger partial charge in [0, 0.05) is 11.8 Å². The third-order valence-electron chi connectivity index (χ3n) is 1.83. The van der Waals surface area contributed by atoms with E-state index in [9.17, 15) is 9.90 Å². The Morgan fingerprint density at radius 3 is 2.79 bits per heavy atom. The topological polar surface area (TPSA) is 90.7 Å². The molecule has 5 heteroatoms. The number of hydrogen-bond acceptors (Lipinski definition) is 5. The first kappa shape index (κ1) is 10.8. The van der Waals surface area contributed by atoms with E-state index in [0.29, 0.717) is 6.29 Å². The zero-order valence-electron chi connectivity index (χ0n) is 7.37. The first-order valence-corrected chi connectivity index (χ1v) is 4.07. The summed E-state index contributed by atoms with van der Waals surface area (Å²) in [6.07, 6.45) is -0.740. The Morgan fingerprint density at radius 2 is 2.21 bits per heavy atom. The number of aliphatic hydroxyl groups excluding tert-OH is 3. The fourth-order valence-electron chi connectivity index (χ4n) is 1.06. The highest BCUT2D eigenvalue weighted by molar-refractivity contribution is 5.76. The molecule has 0 aromatic carbocycles. The molecule has 76 valence electrons. The molecule has 1 aromatic heterocycles. The molecule has 1 heterocycles. The van der Waals surface area contributed by atoms with E-state index in [1.165, 1.54) is 12.3 Å². The predicted molar refractivity (Wildman–Crippen MR) is 47.7 cm³/mol. The highest BCUT2D eigenvalue weighted by Gasteiger charge is 2.21. The van der Waals surface area contributed by atoms with Crippen LogP contribution in [0.4, 0.5) is 0 Å². The van der Waals surface area contributed by atoms with Crippen LogP contribution in [0.5, 0.6) is 0 Å². The molecule has 0 aliphatic carbocycles. The van der Waals surface area contributed by atoms with Crippen LogP contribution in [0.25, 0.3) is 0 Å². The number of aldehydes is 1. The summed E-state index contributed by atoms with van der Waals surface area (Å²) in [5.74, 6) is 0. The van der Waals surface area contributed by atoms with Crippen LogP contribution in [0.3, 0.4) is 0 Å². The van der Waals surface area contributed by atoms with E-state index >= 15 is 0 Å². The maximum atomic E-state index is 10.5. The Balaban J connectivity index is 2.99. The molecular weight excluding hydrogens is 186 g/mol. The van der Waals surface area contributed by atoms with Gasteiger partial charge in [-0.2, -0.15) is 0 Å². The van der Waals surface area contributed by atoms with Gasteiger partial charge < -0.3 is 15.3 Å². The van der Waals surface area contributed by atoms with Crippen LogP contribution in [0, 0.1) is 0 Å². The molecule has 0 bridgehead atoms. The highest BCUT2D eigenvalue weighted by Crippen LogP contribution is 2.16. The van der Waals surface area contributed by atoms with E-state index in [0.717, 1.165) is 0 Å². The van der Waals surface area contributed by atoms with Crippen LogP contribution < -0.4 is 0 Å². The summed E-state index contributed by atoms with van der Waals surface area (Å²) >= 11 is 0. The van der Waals surface area contributed by atoms with E-state index in [1.807, 2.05) is 0 Å². The van der Waals surface area contributed by atoms with Crippen LogP contribution >= 0.6 is 0 Å². The van der Waals surface area contributed by atoms with Gasteiger partial charge in [-0.1, -0.05) is 0 Å². The molecule has 14 heavy (non-hydrogen) atoms. The number of nitrogens with zero attached hydrogens (tertiary/aromatic N) is 1. The molecule has 0 aliphatic heterocycles. The van der Waals surface area contributed by atoms with Crippen molar-refractivity contribution in [2.75, 3.05) is 6.61 Å². The largest absolute Gasteiger partial charge is 0.394 e. The lowest BCUT2D eigenvalue weighted by Gasteiger charge is -2.15. The van der Waals surface area contributed by atoms with Crippen molar-refractivity contribution in [3.05, 3.63) is 29.6 Å². The molecule has 0 radical (unpaired) electrons. The highest BCUT2D eigenvalue weighted by atomic mass is 16.4. The molecule has 0 aliphatic rings. The first-order chi connectivity index (χ1) is 6.70. The monoisotopic (exact) mass is 197 g/mol. The van der Waals surface area contributed by atoms with Gasteiger partial charge in [0.05, 0.1) is 12.3 Å². The van der Waals surface area contributed by atoms with Gasteiger partial charge in [0.25, 0.3) is 0 Å². The Hall–Kier alpha value is -1.30. The molecule has 0 saturated carbocycles. The predicted octanol–water partition coefficient (Wildman–Crippen LogP) is -0.719. The smallest absolute Gasteiger partial charge is 0.151 e. The molecule has 0 amide bonds. The van der Waals surface area contributed by atoms with Crippen LogP contribution in [0.2, 0.25) is 0 Å². The van der Waals surface area contributed by atoms with E-state index in [4.69, 9.17) is 10.2 Å². The van der Waals surface area contributed by atoms with E-state index in [-0.39, 0.29) is 11.3 Å². The van der Waals surface area contributed by atoms with Gasteiger partial charge in [0.15, 0.2) is 6.29 Å². The van der Waals surface area contributed by atoms with Gasteiger partial charge >= 0.3 is 0 Å². The lowest BCUT2D eigenvalue weighted by Crippen LogP contribution is -2.23. The van der Waals surface area contributed by atoms with Gasteiger partial charge in [-0.3, -0.25) is 9.78 Å². The minimum Gasteiger partial charge on any atom is -0.394 e. The van der Waals surface area contributed by atoms with E-state index < -0.39 is 18.8 Å². The molecule has 1 rings (SSSR count). The summed E-state index contributed by atoms with van der Waals surface area (Å²) in [6.45, 7) is -0.587. The van der Waals surface area contributed by atoms with Crippen molar-refractivity contribution in [3.63, 3.8) is 0 Å². The Morgan fingerprint density at radius 1 is 1.50 bits per heavy atom. The molecule has 0 spiro atoms. The van der Waals surface area contributed by atoms with Gasteiger partial charge in [0.2, 0.25) is 0 Å². The molecular formula is C9H11NO4. The average Bonchev–Trinajstić information content (AvgIpc) is 2.26. The maximum Gasteiger partial charge on any atom is 0.151 e. The van der Waals surface area contributed by atoms with Crippen molar-refractivity contribution in [3.8, 4) is 0 Å². The molecule has 5 nitrogen and oxygen atoms in total. The number of carbonyl (C=O) groups excluding carboxylic acids is 1. The van der Waals surface area contributed by atoms with Crippen molar-refractivity contribution >= 4 is 6.29 Å². The molecule has 0 saturated heterocycles. The van der Waals surface area contributed by atoms with Crippen molar-refractivity contribution < 1.29 is 20.1 Å². The Labute approximate surface area is 80.7 Å². The Kier molecular flexibility index (Phi) is 3.70. The van der Waals surface area contributed by atoms with Crippen molar-refractivity contribution in [1.82, 2.24) is 4.98 Å². The van der Waals surface area contributed by atoms with Crippen LogP contribution in [0.15, 0.2) is 18.3 Å². The van der Waals surface area contributed by atoms with Crippen LogP contribution in [-0.2, 0) is 0 Å². The number of rotatable bonds is 4. The molecule has 2 unspecified atom stereocenters. The lowest BCUT2D eigenvalue weighted by atomic mass is 10.1. The molecule has 3 N–H and O–H groups in total. The van der Waals surface area contributed by atoms with E-state index in [2.05, 4.69) is 4.98 Å². The number of hydrogen-bond donors (Lipinski definition) is 3. The van der Waals surface area contributed by atoms with Crippen LogP contribution in [0.1, 0.15) is 22.2 Å². The summed E-state index contributed by atoms with van der Waals surface area (Å²) in [7, 11) is 0. The Bertz CT molecular complexity index is 315. The van der Waals surface area contributed by atoms with Crippen molar-refractivity contribution in [1.29, 1.82) is 0 Å². The fourth-order valence-corrected chi connectivity index (χ4v) is 1.06. The van der Waals surface area contributed by atoms with Gasteiger partial charge in [0.1, 0.15) is 12.2 Å². The van der Waals surface area contributed by atoms with Crippen molar-refractivity contribution in [2.45, 2.75) is 12.2 Å². The van der Waals surface area contributed by atoms with Gasteiger partial charge in [-0.05, 0) is 12.1 Å². The summed E-state index contributed by atoms with van der Waals surface area (Å²) in [5.41, 5.74) is 0.275. The zero-order chi connectivity index (χ0) is 10.6. The third-order valence-corrected chi connectivity index (χ3v) is 1.83. The fraction of sp³-hybridized carbons (Fsp3) is 0.333. The minimum atomic E-state index is -1.35. The third kappa shape index (κ3) is 2.14. The molecule has 0 fully saturated rings. The normalized spacial score (nSPS) is 14.8. The summed E-state index contributed by atoms with van der Waals surface area (Å²) < 4.78 is 0. The summed E-state index contributed by atoms with van der Waals surface area (Å²) in [6, 6.07) is 3.02. The number of carbonyl (C=O) groups is 1. The zero-order valence-corrected chi connectivity index (χ0v) is 7.37. The van der Waals surface area contributed by atoms with Gasteiger partial charge in [-0.15, -0.1) is 0 Å². The second-order valence-corrected chi connectivity index (χ2v) is 2.79. The van der Waals surface area contributed by atoms with Gasteiger partial charge in [-0.25, -0.2) is 0 Å². The number of aliphatic hydroxyl groups is 3. The quantitative estimate of drug-likeness (QED) is 0.554. The number of pyridine rings is 1. The standard InChI is InChI=1S/C9H11NO4/c11-4-6-2-1-3-10-8(6)9(14)7(13)5-12/h1-4,7,9,12-14H,5H2. The lowest BCUT2D eigenvalue weighted by molar-refractivity contribution is -0.0175.